The SMILES string of the molecule is C=CC[C@H](CCC)[C@@H](O[Si](C(C)C)(C(C)C)C(C)C)[C@H](C)OCc1ccccc1.CCC[C@@H](CC=O)[C@@H](O[Si](C(C)C)(C(C)C)C(C)C)[C@H](C)OCc1ccccc1. The molecule has 0 heterocycles. The van der Waals surface area contributed by atoms with Crippen molar-refractivity contribution < 1.29 is 23.1 Å². The molecular formula is C51H90O5Si2. The minimum atomic E-state index is -2.08. The summed E-state index contributed by atoms with van der Waals surface area (Å²) in [6.45, 7) is 42.1. The molecule has 0 fully saturated rings. The Labute approximate surface area is 361 Å². The van der Waals surface area contributed by atoms with E-state index in [0.717, 1.165) is 38.4 Å². The summed E-state index contributed by atoms with van der Waals surface area (Å²) < 4.78 is 27.2. The first-order valence-corrected chi connectivity index (χ1v) is 27.4. The van der Waals surface area contributed by atoms with E-state index in [9.17, 15) is 4.79 Å². The maximum absolute atomic E-state index is 11.5. The summed E-state index contributed by atoms with van der Waals surface area (Å²) in [5.41, 5.74) is 5.60. The molecule has 2 aromatic carbocycles. The van der Waals surface area contributed by atoms with Gasteiger partial charge in [-0.15, -0.1) is 6.58 Å². The molecule has 0 aliphatic rings. The van der Waals surface area contributed by atoms with E-state index < -0.39 is 16.6 Å². The summed E-state index contributed by atoms with van der Waals surface area (Å²) in [6, 6.07) is 20.7. The predicted molar refractivity (Wildman–Crippen MR) is 256 cm³/mol. The molecule has 2 aromatic rings. The smallest absolute Gasteiger partial charge is 0.200 e. The Balaban J connectivity index is 0.000000580. The first-order valence-electron chi connectivity index (χ1n) is 23.1. The lowest BCUT2D eigenvalue weighted by Crippen LogP contribution is -2.54. The molecule has 2 rings (SSSR count). The minimum absolute atomic E-state index is 0.0508. The highest BCUT2D eigenvalue weighted by atomic mass is 28.4. The van der Waals surface area contributed by atoms with E-state index >= 15 is 0 Å². The van der Waals surface area contributed by atoms with E-state index in [0.29, 0.717) is 58.8 Å². The average Bonchev–Trinajstić information content (AvgIpc) is 3.17. The van der Waals surface area contributed by atoms with Crippen LogP contribution in [0.2, 0.25) is 33.2 Å². The van der Waals surface area contributed by atoms with Crippen molar-refractivity contribution >= 4 is 22.9 Å². The van der Waals surface area contributed by atoms with Gasteiger partial charge in [0.25, 0.3) is 0 Å². The van der Waals surface area contributed by atoms with Gasteiger partial charge in [-0.1, -0.05) is 177 Å². The third kappa shape index (κ3) is 15.9. The quantitative estimate of drug-likeness (QED) is 0.0485. The molecule has 0 aliphatic carbocycles. The van der Waals surface area contributed by atoms with E-state index in [1.165, 1.54) is 11.1 Å². The van der Waals surface area contributed by atoms with Crippen LogP contribution in [0.5, 0.6) is 0 Å². The number of benzene rings is 2. The highest BCUT2D eigenvalue weighted by Crippen LogP contribution is 2.46. The highest BCUT2D eigenvalue weighted by Gasteiger charge is 2.50. The Bertz CT molecular complexity index is 1200. The Morgan fingerprint density at radius 3 is 1.09 bits per heavy atom. The lowest BCUT2D eigenvalue weighted by atomic mass is 9.91. The average molecular weight is 839 g/mol. The second-order valence-corrected chi connectivity index (χ2v) is 29.6. The van der Waals surface area contributed by atoms with Gasteiger partial charge in [-0.2, -0.15) is 0 Å². The normalized spacial score (nSPS) is 15.7. The fraction of sp³-hybridized carbons (Fsp3) is 0.706. The van der Waals surface area contributed by atoms with Crippen LogP contribution in [-0.2, 0) is 36.3 Å². The number of hydrogen-bond acceptors (Lipinski definition) is 5. The highest BCUT2D eigenvalue weighted by molar-refractivity contribution is 6.78. The van der Waals surface area contributed by atoms with E-state index in [1.807, 2.05) is 24.3 Å². The van der Waals surface area contributed by atoms with Gasteiger partial charge in [0.05, 0.1) is 37.6 Å². The molecule has 0 radical (unpaired) electrons. The lowest BCUT2D eigenvalue weighted by molar-refractivity contribution is -0.111. The van der Waals surface area contributed by atoms with Crippen molar-refractivity contribution in [2.45, 2.75) is 220 Å². The van der Waals surface area contributed by atoms with Crippen LogP contribution in [0.1, 0.15) is 160 Å². The van der Waals surface area contributed by atoms with Gasteiger partial charge in [-0.3, -0.25) is 0 Å². The summed E-state index contributed by atoms with van der Waals surface area (Å²) in [5, 5.41) is 0. The summed E-state index contributed by atoms with van der Waals surface area (Å²) in [4.78, 5) is 11.5. The van der Waals surface area contributed by atoms with Gasteiger partial charge in [0.2, 0.25) is 16.6 Å². The Hall–Kier alpha value is -1.88. The molecule has 58 heavy (non-hydrogen) atoms. The second kappa shape index (κ2) is 27.9. The van der Waals surface area contributed by atoms with Crippen LogP contribution in [0.3, 0.4) is 0 Å². The number of carbonyl (C=O) groups excluding carboxylic acids is 1. The zero-order valence-electron chi connectivity index (χ0n) is 40.3. The first-order chi connectivity index (χ1) is 27.4. The van der Waals surface area contributed by atoms with Crippen LogP contribution in [-0.4, -0.2) is 47.3 Å². The molecule has 0 bridgehead atoms. The molecule has 5 nitrogen and oxygen atoms in total. The number of carbonyl (C=O) groups is 1. The van der Waals surface area contributed by atoms with Crippen molar-refractivity contribution in [2.24, 2.45) is 11.8 Å². The Morgan fingerprint density at radius 1 is 0.517 bits per heavy atom. The largest absolute Gasteiger partial charge is 0.410 e. The zero-order chi connectivity index (χ0) is 44.1. The molecule has 0 aromatic heterocycles. The van der Waals surface area contributed by atoms with Crippen molar-refractivity contribution in [1.82, 2.24) is 0 Å². The number of hydrogen-bond donors (Lipinski definition) is 0. The predicted octanol–water partition coefficient (Wildman–Crippen LogP) is 15.3. The van der Waals surface area contributed by atoms with Crippen molar-refractivity contribution in [3.8, 4) is 0 Å². The molecule has 332 valence electrons. The molecular weight excluding hydrogens is 749 g/mol. The molecule has 0 saturated heterocycles. The van der Waals surface area contributed by atoms with Crippen molar-refractivity contribution in [3.63, 3.8) is 0 Å². The van der Waals surface area contributed by atoms with Crippen LogP contribution in [0.15, 0.2) is 73.3 Å². The minimum Gasteiger partial charge on any atom is -0.410 e. The number of ether oxygens (including phenoxy) is 2. The Morgan fingerprint density at radius 2 is 0.828 bits per heavy atom. The third-order valence-electron chi connectivity index (χ3n) is 12.8. The molecule has 0 aliphatic heterocycles. The molecule has 0 saturated carbocycles. The van der Waals surface area contributed by atoms with Gasteiger partial charge in [-0.05, 0) is 89.3 Å². The van der Waals surface area contributed by atoms with Gasteiger partial charge < -0.3 is 23.1 Å². The molecule has 6 atom stereocenters. The van der Waals surface area contributed by atoms with Crippen LogP contribution in [0, 0.1) is 11.8 Å². The fourth-order valence-electron chi connectivity index (χ4n) is 10.1. The van der Waals surface area contributed by atoms with Crippen LogP contribution >= 0.6 is 0 Å². The number of allylic oxidation sites excluding steroid dienone is 1. The zero-order valence-corrected chi connectivity index (χ0v) is 42.3. The summed E-state index contributed by atoms with van der Waals surface area (Å²) in [6.07, 6.45) is 9.02. The van der Waals surface area contributed by atoms with Crippen LogP contribution < -0.4 is 0 Å². The van der Waals surface area contributed by atoms with E-state index in [4.69, 9.17) is 18.3 Å². The van der Waals surface area contributed by atoms with Gasteiger partial charge in [0, 0.05) is 6.42 Å². The number of rotatable bonds is 28. The summed E-state index contributed by atoms with van der Waals surface area (Å²) in [5.74, 6) is 0.651. The van der Waals surface area contributed by atoms with Crippen molar-refractivity contribution in [1.29, 1.82) is 0 Å². The van der Waals surface area contributed by atoms with Gasteiger partial charge in [0.1, 0.15) is 6.29 Å². The molecule has 0 spiro atoms. The monoisotopic (exact) mass is 839 g/mol. The molecule has 0 amide bonds. The van der Waals surface area contributed by atoms with E-state index in [2.05, 4.69) is 160 Å². The maximum Gasteiger partial charge on any atom is 0.200 e. The van der Waals surface area contributed by atoms with Crippen LogP contribution in [0.25, 0.3) is 0 Å². The van der Waals surface area contributed by atoms with Gasteiger partial charge in [0.15, 0.2) is 0 Å². The maximum atomic E-state index is 11.5. The molecule has 7 heteroatoms. The van der Waals surface area contributed by atoms with Gasteiger partial charge >= 0.3 is 0 Å². The fourth-order valence-corrected chi connectivity index (χ4v) is 21.5. The van der Waals surface area contributed by atoms with E-state index in [1.54, 1.807) is 0 Å². The first kappa shape index (κ1) is 54.1. The molecule has 0 N–H and O–H groups in total. The lowest BCUT2D eigenvalue weighted by Gasteiger charge is -2.47. The van der Waals surface area contributed by atoms with Crippen LogP contribution in [0.4, 0.5) is 0 Å². The third-order valence-corrected chi connectivity index (χ3v) is 25.0. The van der Waals surface area contributed by atoms with Crippen molar-refractivity contribution in [2.75, 3.05) is 0 Å². The second-order valence-electron chi connectivity index (χ2n) is 18.8. The Kier molecular flexibility index (Phi) is 26.0. The summed E-state index contributed by atoms with van der Waals surface area (Å²) >= 11 is 0. The van der Waals surface area contributed by atoms with E-state index in [-0.39, 0.29) is 30.3 Å². The number of aldehydes is 1. The molecule has 0 unspecified atom stereocenters. The standard InChI is InChI=1S/C26H46O2Si.C25H44O3Si/c1-10-15-25(16-11-2)26(23(9)27-19-24-17-13-12-14-18-24)28-29(20(3)4,21(5)6)22(7)8;1-9-13-24(16-17-26)25(22(8)27-18-23-14-11-10-12-15-23)28-29(19(2)3,20(4)5)21(6)7/h10,12-14,17-18,20-23,25-26H,1,11,15-16,19H2,2-9H3;10-12,14-15,17,19-22,24-25H,9,13,16,18H2,1-8H3/t23-,25+,26-;22-,24-,25-/m00/s1. The topological polar surface area (TPSA) is 54.0 Å². The van der Waals surface area contributed by atoms with Crippen molar-refractivity contribution in [3.05, 3.63) is 84.4 Å². The summed E-state index contributed by atoms with van der Waals surface area (Å²) in [7, 11) is -4.08. The van der Waals surface area contributed by atoms with Gasteiger partial charge in [-0.25, -0.2) is 0 Å².